The zero-order chi connectivity index (χ0) is 11.0. The summed E-state index contributed by atoms with van der Waals surface area (Å²) in [6.45, 7) is 0. The number of benzene rings is 1. The maximum atomic E-state index is 3.52. The van der Waals surface area contributed by atoms with Crippen LogP contribution in [0.2, 0.25) is 0 Å². The van der Waals surface area contributed by atoms with Gasteiger partial charge in [0.05, 0.1) is 0 Å². The van der Waals surface area contributed by atoms with Crippen LogP contribution in [0.1, 0.15) is 10.4 Å². The van der Waals surface area contributed by atoms with Crippen LogP contribution >= 0.6 is 27.3 Å². The topological polar surface area (TPSA) is 15.8 Å². The number of aromatic amines is 1. The Labute approximate surface area is 106 Å². The van der Waals surface area contributed by atoms with Crippen LogP contribution in [0, 0.1) is 0 Å². The van der Waals surface area contributed by atoms with Crippen LogP contribution in [0.25, 0.3) is 10.9 Å². The fourth-order valence-corrected chi connectivity index (χ4v) is 2.99. The lowest BCUT2D eigenvalue weighted by Gasteiger charge is -1.97. The molecule has 3 heteroatoms. The summed E-state index contributed by atoms with van der Waals surface area (Å²) in [6.07, 6.45) is 3.12. The van der Waals surface area contributed by atoms with Gasteiger partial charge in [-0.1, -0.05) is 22.0 Å². The van der Waals surface area contributed by atoms with Crippen LogP contribution in [0.4, 0.5) is 0 Å². The highest BCUT2D eigenvalue weighted by Crippen LogP contribution is 2.25. The van der Waals surface area contributed by atoms with Crippen molar-refractivity contribution >= 4 is 38.2 Å². The van der Waals surface area contributed by atoms with Crippen LogP contribution in [0.15, 0.2) is 46.4 Å². The first-order valence-electron chi connectivity index (χ1n) is 5.11. The molecule has 0 spiro atoms. The maximum absolute atomic E-state index is 3.52. The van der Waals surface area contributed by atoms with Gasteiger partial charge in [-0.3, -0.25) is 0 Å². The average molecular weight is 292 g/mol. The van der Waals surface area contributed by atoms with Crippen LogP contribution in [-0.4, -0.2) is 4.98 Å². The monoisotopic (exact) mass is 291 g/mol. The van der Waals surface area contributed by atoms with Crippen LogP contribution < -0.4 is 0 Å². The van der Waals surface area contributed by atoms with Gasteiger partial charge in [0.1, 0.15) is 0 Å². The molecule has 1 nitrogen and oxygen atoms in total. The summed E-state index contributed by atoms with van der Waals surface area (Å²) in [7, 11) is 0. The van der Waals surface area contributed by atoms with E-state index in [1.807, 2.05) is 11.3 Å². The zero-order valence-corrected chi connectivity index (χ0v) is 10.9. The number of halogens is 1. The first kappa shape index (κ1) is 10.1. The van der Waals surface area contributed by atoms with Gasteiger partial charge in [0.25, 0.3) is 0 Å². The molecule has 0 bridgehead atoms. The molecule has 2 heterocycles. The number of H-pyrrole nitrogens is 1. The number of aromatic nitrogens is 1. The fraction of sp³-hybridized carbons (Fsp3) is 0.0769. The molecular weight excluding hydrogens is 282 g/mol. The first-order valence-corrected chi connectivity index (χ1v) is 6.78. The smallest absolute Gasteiger partial charge is 0.0457 e. The normalized spacial score (nSPS) is 11.1. The van der Waals surface area contributed by atoms with E-state index in [0.717, 1.165) is 10.9 Å². The van der Waals surface area contributed by atoms with Crippen LogP contribution in [0.5, 0.6) is 0 Å². The number of fused-ring (bicyclic) bond motifs is 1. The molecule has 1 N–H and O–H groups in total. The molecule has 3 rings (SSSR count). The average Bonchev–Trinajstić information content (AvgIpc) is 2.90. The molecular formula is C13H10BrNS. The molecule has 0 saturated heterocycles. The van der Waals surface area contributed by atoms with Crippen molar-refractivity contribution in [3.8, 4) is 0 Å². The van der Waals surface area contributed by atoms with E-state index in [1.165, 1.54) is 21.3 Å². The molecule has 0 saturated carbocycles. The summed E-state index contributed by atoms with van der Waals surface area (Å²) >= 11 is 5.33. The lowest BCUT2D eigenvalue weighted by atomic mass is 10.1. The van der Waals surface area contributed by atoms with E-state index in [9.17, 15) is 0 Å². The van der Waals surface area contributed by atoms with Gasteiger partial charge in [-0.25, -0.2) is 0 Å². The molecule has 0 aliphatic heterocycles. The third kappa shape index (κ3) is 1.81. The summed E-state index contributed by atoms with van der Waals surface area (Å²) in [5, 5.41) is 3.43. The van der Waals surface area contributed by atoms with Gasteiger partial charge in [-0.15, -0.1) is 11.3 Å². The molecule has 0 unspecified atom stereocenters. The summed E-state index contributed by atoms with van der Waals surface area (Å²) in [5.74, 6) is 0. The van der Waals surface area contributed by atoms with Crippen molar-refractivity contribution in [2.75, 3.05) is 0 Å². The fourth-order valence-electron chi connectivity index (χ4n) is 1.90. The minimum absolute atomic E-state index is 1.01. The number of thiophene rings is 1. The van der Waals surface area contributed by atoms with Crippen LogP contribution in [0.3, 0.4) is 0 Å². The molecule has 0 fully saturated rings. The second-order valence-corrected chi connectivity index (χ2v) is 5.71. The third-order valence-electron chi connectivity index (χ3n) is 2.67. The second-order valence-electron chi connectivity index (χ2n) is 3.76. The second kappa shape index (κ2) is 4.07. The Bertz CT molecular complexity index is 610. The van der Waals surface area contributed by atoms with Crippen molar-refractivity contribution in [1.82, 2.24) is 4.98 Å². The SMILES string of the molecule is Brc1ccc2[nH]cc(Cc3cccs3)c2c1. The Kier molecular flexibility index (Phi) is 2.58. The highest BCUT2D eigenvalue weighted by atomic mass is 79.9. The van der Waals surface area contributed by atoms with E-state index >= 15 is 0 Å². The summed E-state index contributed by atoms with van der Waals surface area (Å²) < 4.78 is 1.13. The molecule has 0 radical (unpaired) electrons. The molecule has 16 heavy (non-hydrogen) atoms. The largest absolute Gasteiger partial charge is 0.361 e. The Morgan fingerprint density at radius 3 is 3.00 bits per heavy atom. The van der Waals surface area contributed by atoms with Gasteiger partial charge in [-0.05, 0) is 35.2 Å². The van der Waals surface area contributed by atoms with E-state index in [1.54, 1.807) is 0 Å². The Morgan fingerprint density at radius 1 is 1.25 bits per heavy atom. The van der Waals surface area contributed by atoms with Gasteiger partial charge in [0, 0.05) is 32.9 Å². The number of nitrogens with one attached hydrogen (secondary N) is 1. The quantitative estimate of drug-likeness (QED) is 0.711. The molecule has 0 atom stereocenters. The summed E-state index contributed by atoms with van der Waals surface area (Å²) in [4.78, 5) is 4.72. The lowest BCUT2D eigenvalue weighted by Crippen LogP contribution is -1.81. The molecule has 1 aromatic carbocycles. The summed E-state index contributed by atoms with van der Waals surface area (Å²) in [6, 6.07) is 10.6. The maximum Gasteiger partial charge on any atom is 0.0457 e. The van der Waals surface area contributed by atoms with Crippen molar-refractivity contribution < 1.29 is 0 Å². The summed E-state index contributed by atoms with van der Waals surface area (Å²) in [5.41, 5.74) is 2.56. The van der Waals surface area contributed by atoms with E-state index < -0.39 is 0 Å². The van der Waals surface area contributed by atoms with E-state index in [2.05, 4.69) is 62.8 Å². The Hall–Kier alpha value is -1.06. The van der Waals surface area contributed by atoms with Crippen molar-refractivity contribution in [2.45, 2.75) is 6.42 Å². The van der Waals surface area contributed by atoms with Crippen molar-refractivity contribution in [3.05, 3.63) is 56.8 Å². The van der Waals surface area contributed by atoms with Crippen molar-refractivity contribution in [2.24, 2.45) is 0 Å². The first-order chi connectivity index (χ1) is 7.83. The van der Waals surface area contributed by atoms with Crippen molar-refractivity contribution in [1.29, 1.82) is 0 Å². The number of hydrogen-bond acceptors (Lipinski definition) is 1. The number of hydrogen-bond donors (Lipinski definition) is 1. The van der Waals surface area contributed by atoms with E-state index in [0.29, 0.717) is 0 Å². The van der Waals surface area contributed by atoms with E-state index in [-0.39, 0.29) is 0 Å². The van der Waals surface area contributed by atoms with Crippen molar-refractivity contribution in [3.63, 3.8) is 0 Å². The highest BCUT2D eigenvalue weighted by molar-refractivity contribution is 9.10. The molecule has 0 aliphatic carbocycles. The van der Waals surface area contributed by atoms with E-state index in [4.69, 9.17) is 0 Å². The van der Waals surface area contributed by atoms with Gasteiger partial charge in [-0.2, -0.15) is 0 Å². The zero-order valence-electron chi connectivity index (χ0n) is 8.53. The Morgan fingerprint density at radius 2 is 2.19 bits per heavy atom. The minimum Gasteiger partial charge on any atom is -0.361 e. The minimum atomic E-state index is 1.01. The third-order valence-corrected chi connectivity index (χ3v) is 4.04. The molecule has 3 aromatic rings. The predicted molar refractivity (Wildman–Crippen MR) is 73.1 cm³/mol. The number of rotatable bonds is 2. The molecule has 0 aliphatic rings. The lowest BCUT2D eigenvalue weighted by molar-refractivity contribution is 1.26. The predicted octanol–water partition coefficient (Wildman–Crippen LogP) is 4.58. The molecule has 0 amide bonds. The highest BCUT2D eigenvalue weighted by Gasteiger charge is 2.05. The Balaban J connectivity index is 2.07. The van der Waals surface area contributed by atoms with Gasteiger partial charge < -0.3 is 4.98 Å². The van der Waals surface area contributed by atoms with Gasteiger partial charge in [0.15, 0.2) is 0 Å². The standard InChI is InChI=1S/C13H10BrNS/c14-10-3-4-13-12(7-10)9(8-15-13)6-11-2-1-5-16-11/h1-5,7-8,15H,6H2. The van der Waals surface area contributed by atoms with Crippen LogP contribution in [-0.2, 0) is 6.42 Å². The molecule has 80 valence electrons. The van der Waals surface area contributed by atoms with Gasteiger partial charge in [0.2, 0.25) is 0 Å². The van der Waals surface area contributed by atoms with Gasteiger partial charge >= 0.3 is 0 Å². The molecule has 2 aromatic heterocycles.